The number of hydrogen-bond acceptors (Lipinski definition) is 3. The molecule has 0 atom stereocenters. The molecule has 0 bridgehead atoms. The largest absolute Gasteiger partial charge is 0.330 e. The molecule has 0 unspecified atom stereocenters. The van der Waals surface area contributed by atoms with E-state index in [1.807, 2.05) is 0 Å². The maximum absolute atomic E-state index is 6.15. The summed E-state index contributed by atoms with van der Waals surface area (Å²) in [5.74, 6) is 0. The van der Waals surface area contributed by atoms with E-state index in [2.05, 4.69) is 57.2 Å². The molecule has 0 N–H and O–H groups in total. The van der Waals surface area contributed by atoms with Crippen LogP contribution in [-0.2, 0) is 14.2 Å². The van der Waals surface area contributed by atoms with Gasteiger partial charge in [-0.05, 0) is 96.3 Å². The molecule has 0 saturated carbocycles. The van der Waals surface area contributed by atoms with Crippen LogP contribution in [0.4, 0.5) is 0 Å². The number of rotatable bonds is 51. The second-order valence-corrected chi connectivity index (χ2v) is 17.7. The van der Waals surface area contributed by atoms with Gasteiger partial charge in [-0.2, -0.15) is 0 Å². The van der Waals surface area contributed by atoms with Crippen LogP contribution >= 0.6 is 0 Å². The van der Waals surface area contributed by atoms with E-state index in [4.69, 9.17) is 14.2 Å². The molecule has 0 heterocycles. The van der Waals surface area contributed by atoms with E-state index >= 15 is 0 Å². The minimum absolute atomic E-state index is 0.491. The molecule has 0 aromatic rings. The first-order valence-electron chi connectivity index (χ1n) is 26.6. The molecule has 0 radical (unpaired) electrons. The monoisotopic (exact) mass is 815 g/mol. The molecule has 0 rings (SSSR count). The van der Waals surface area contributed by atoms with Crippen molar-refractivity contribution >= 4 is 0 Å². The molecule has 0 aliphatic rings. The summed E-state index contributed by atoms with van der Waals surface area (Å²) in [6.07, 6.45) is 70.3. The highest BCUT2D eigenvalue weighted by Crippen LogP contribution is 2.15. The van der Waals surface area contributed by atoms with E-state index in [-0.39, 0.29) is 0 Å². The highest BCUT2D eigenvalue weighted by molar-refractivity contribution is 4.82. The minimum Gasteiger partial charge on any atom is -0.330 e. The van der Waals surface area contributed by atoms with Crippen LogP contribution in [-0.4, -0.2) is 26.3 Å². The fourth-order valence-corrected chi connectivity index (χ4v) is 7.73. The van der Waals surface area contributed by atoms with Crippen molar-refractivity contribution in [2.24, 2.45) is 0 Å². The van der Waals surface area contributed by atoms with Gasteiger partial charge in [-0.1, -0.05) is 231 Å². The molecule has 3 heteroatoms. The molecule has 344 valence electrons. The van der Waals surface area contributed by atoms with Gasteiger partial charge in [0.05, 0.1) is 19.8 Å². The van der Waals surface area contributed by atoms with Gasteiger partial charge >= 0.3 is 0 Å². The maximum atomic E-state index is 6.15. The van der Waals surface area contributed by atoms with Gasteiger partial charge in [-0.25, -0.2) is 0 Å². The van der Waals surface area contributed by atoms with Crippen LogP contribution in [0.5, 0.6) is 0 Å². The number of allylic oxidation sites excluding steroid dienone is 6. The van der Waals surface area contributed by atoms with E-state index in [9.17, 15) is 0 Å². The average Bonchev–Trinajstić information content (AvgIpc) is 3.23. The molecule has 0 saturated heterocycles. The Kier molecular flexibility index (Phi) is 53.3. The average molecular weight is 815 g/mol. The van der Waals surface area contributed by atoms with Crippen LogP contribution in [0.2, 0.25) is 0 Å². The van der Waals surface area contributed by atoms with Gasteiger partial charge in [-0.3, -0.25) is 0 Å². The second-order valence-electron chi connectivity index (χ2n) is 17.7. The number of hydrogen-bond donors (Lipinski definition) is 0. The highest BCUT2D eigenvalue weighted by Gasteiger charge is 2.10. The zero-order valence-electron chi connectivity index (χ0n) is 40.1. The first-order valence-corrected chi connectivity index (χ1v) is 26.6. The van der Waals surface area contributed by atoms with Crippen molar-refractivity contribution < 1.29 is 14.2 Å². The first kappa shape index (κ1) is 57.1. The third kappa shape index (κ3) is 51.2. The summed E-state index contributed by atoms with van der Waals surface area (Å²) in [7, 11) is 0. The van der Waals surface area contributed by atoms with Crippen LogP contribution in [0.3, 0.4) is 0 Å². The SMILES string of the molecule is CCCCCCCC/C=C\CCCCCCCCOC(OCCCCCCCC/C=C\CCCCCCCC)OCCCCCCCC/C=C\CCCCCCCC. The fourth-order valence-electron chi connectivity index (χ4n) is 7.73. The van der Waals surface area contributed by atoms with Crippen molar-refractivity contribution in [1.82, 2.24) is 0 Å². The third-order valence-corrected chi connectivity index (χ3v) is 11.7. The molecule has 0 aliphatic heterocycles. The Morgan fingerprint density at radius 3 is 0.603 bits per heavy atom. The predicted molar refractivity (Wildman–Crippen MR) is 260 cm³/mol. The lowest BCUT2D eigenvalue weighted by Gasteiger charge is -2.19. The van der Waals surface area contributed by atoms with Gasteiger partial charge in [0.2, 0.25) is 0 Å². The summed E-state index contributed by atoms with van der Waals surface area (Å²) in [4.78, 5) is 0. The van der Waals surface area contributed by atoms with E-state index in [0.29, 0.717) is 0 Å². The van der Waals surface area contributed by atoms with E-state index < -0.39 is 6.48 Å². The summed E-state index contributed by atoms with van der Waals surface area (Å²) >= 11 is 0. The molecule has 0 fully saturated rings. The van der Waals surface area contributed by atoms with E-state index in [1.165, 1.54) is 250 Å². The molecule has 0 aromatic carbocycles. The van der Waals surface area contributed by atoms with Crippen molar-refractivity contribution in [2.75, 3.05) is 19.8 Å². The summed E-state index contributed by atoms with van der Waals surface area (Å²) in [5.41, 5.74) is 0. The molecule has 0 aromatic heterocycles. The van der Waals surface area contributed by atoms with Crippen LogP contribution in [0.25, 0.3) is 0 Å². The minimum atomic E-state index is -0.491. The second kappa shape index (κ2) is 54.1. The van der Waals surface area contributed by atoms with Crippen LogP contribution in [0.1, 0.15) is 290 Å². The summed E-state index contributed by atoms with van der Waals surface area (Å²) in [6.45, 7) is 8.62. The van der Waals surface area contributed by atoms with Crippen molar-refractivity contribution in [3.05, 3.63) is 36.5 Å². The fraction of sp³-hybridized carbons (Fsp3) is 0.891. The standard InChI is InChI=1S/C55H106O3/c1-4-7-10-13-16-19-22-25-28-31-34-37-40-43-46-49-52-56-55(57-53-50-47-44-41-38-35-32-29-26-23-20-17-14-11-8-5-2)58-54-51-48-45-42-39-36-33-30-27-24-21-18-15-12-9-6-3/h25-30,55H,4-24,31-54H2,1-3H3/b28-25-,29-26-,30-27-. The van der Waals surface area contributed by atoms with Crippen LogP contribution in [0, 0.1) is 0 Å². The van der Waals surface area contributed by atoms with E-state index in [1.54, 1.807) is 0 Å². The Labute approximate surface area is 366 Å². The van der Waals surface area contributed by atoms with Gasteiger partial charge in [0.25, 0.3) is 6.48 Å². The van der Waals surface area contributed by atoms with E-state index in [0.717, 1.165) is 39.1 Å². The Bertz CT molecular complexity index is 698. The molecule has 0 aliphatic carbocycles. The zero-order valence-corrected chi connectivity index (χ0v) is 40.1. The smallest absolute Gasteiger partial charge is 0.271 e. The Balaban J connectivity index is 4.05. The normalized spacial score (nSPS) is 12.2. The Morgan fingerprint density at radius 2 is 0.397 bits per heavy atom. The summed E-state index contributed by atoms with van der Waals surface area (Å²) < 4.78 is 18.5. The number of ether oxygens (including phenoxy) is 3. The van der Waals surface area contributed by atoms with Crippen molar-refractivity contribution in [3.63, 3.8) is 0 Å². The lowest BCUT2D eigenvalue weighted by molar-refractivity contribution is -0.288. The lowest BCUT2D eigenvalue weighted by Crippen LogP contribution is -2.23. The van der Waals surface area contributed by atoms with Gasteiger partial charge < -0.3 is 14.2 Å². The van der Waals surface area contributed by atoms with Gasteiger partial charge in [0.15, 0.2) is 0 Å². The summed E-state index contributed by atoms with van der Waals surface area (Å²) in [6, 6.07) is 0. The quantitative estimate of drug-likeness (QED) is 0.0348. The van der Waals surface area contributed by atoms with Gasteiger partial charge in [0, 0.05) is 0 Å². The van der Waals surface area contributed by atoms with Crippen LogP contribution in [0.15, 0.2) is 36.5 Å². The molecular formula is C55H106O3. The van der Waals surface area contributed by atoms with Crippen molar-refractivity contribution in [1.29, 1.82) is 0 Å². The van der Waals surface area contributed by atoms with Crippen molar-refractivity contribution in [2.45, 2.75) is 297 Å². The van der Waals surface area contributed by atoms with Gasteiger partial charge in [-0.15, -0.1) is 0 Å². The molecule has 0 spiro atoms. The molecular weight excluding hydrogens is 709 g/mol. The summed E-state index contributed by atoms with van der Waals surface area (Å²) in [5, 5.41) is 0. The zero-order chi connectivity index (χ0) is 41.8. The Morgan fingerprint density at radius 1 is 0.224 bits per heavy atom. The van der Waals surface area contributed by atoms with Crippen LogP contribution < -0.4 is 0 Å². The lowest BCUT2D eigenvalue weighted by atomic mass is 10.1. The first-order chi connectivity index (χ1) is 28.8. The molecule has 58 heavy (non-hydrogen) atoms. The molecule has 0 amide bonds. The number of unbranched alkanes of at least 4 members (excludes halogenated alkanes) is 36. The van der Waals surface area contributed by atoms with Crippen molar-refractivity contribution in [3.8, 4) is 0 Å². The maximum Gasteiger partial charge on any atom is 0.271 e. The highest BCUT2D eigenvalue weighted by atomic mass is 16.8. The third-order valence-electron chi connectivity index (χ3n) is 11.7. The molecule has 3 nitrogen and oxygen atoms in total. The topological polar surface area (TPSA) is 27.7 Å². The predicted octanol–water partition coefficient (Wildman–Crippen LogP) is 19.4. The van der Waals surface area contributed by atoms with Gasteiger partial charge in [0.1, 0.15) is 0 Å². The Hall–Kier alpha value is -0.900.